The lowest BCUT2D eigenvalue weighted by Gasteiger charge is -2.28. The molecule has 116 valence electrons. The summed E-state index contributed by atoms with van der Waals surface area (Å²) >= 11 is 0. The fraction of sp³-hybridized carbons (Fsp3) is 0.588. The van der Waals surface area contributed by atoms with Crippen molar-refractivity contribution in [3.05, 3.63) is 34.9 Å². The van der Waals surface area contributed by atoms with Gasteiger partial charge >= 0.3 is 0 Å². The Morgan fingerprint density at radius 1 is 1.33 bits per heavy atom. The van der Waals surface area contributed by atoms with Gasteiger partial charge in [-0.1, -0.05) is 30.6 Å². The second kappa shape index (κ2) is 7.46. The standard InChI is InChI=1S/C17H27N3O/c1-3-13-4-8-16(9-5-13)19-11-15-7-6-14(10-12(15)2)17(18)20-21/h6-7,10,13,16,19,21H,3-5,8-9,11H2,1-2H3,(H2,18,20). The van der Waals surface area contributed by atoms with Crippen molar-refractivity contribution in [3.63, 3.8) is 0 Å². The maximum Gasteiger partial charge on any atom is 0.170 e. The Kier molecular flexibility index (Phi) is 5.62. The number of hydrogen-bond acceptors (Lipinski definition) is 3. The lowest BCUT2D eigenvalue weighted by Crippen LogP contribution is -2.32. The number of nitrogens with one attached hydrogen (secondary N) is 1. The molecule has 1 aromatic carbocycles. The fourth-order valence-corrected chi connectivity index (χ4v) is 3.14. The summed E-state index contributed by atoms with van der Waals surface area (Å²) in [6, 6.07) is 6.59. The zero-order valence-electron chi connectivity index (χ0n) is 13.1. The summed E-state index contributed by atoms with van der Waals surface area (Å²) in [7, 11) is 0. The molecule has 1 aliphatic carbocycles. The van der Waals surface area contributed by atoms with Gasteiger partial charge in [0.1, 0.15) is 0 Å². The Morgan fingerprint density at radius 3 is 2.62 bits per heavy atom. The molecule has 2 rings (SSSR count). The second-order valence-corrected chi connectivity index (χ2v) is 6.13. The zero-order chi connectivity index (χ0) is 15.2. The molecule has 4 heteroatoms. The van der Waals surface area contributed by atoms with Crippen molar-refractivity contribution in [1.82, 2.24) is 5.32 Å². The summed E-state index contributed by atoms with van der Waals surface area (Å²) in [5.74, 6) is 1.10. The van der Waals surface area contributed by atoms with E-state index in [1.807, 2.05) is 12.1 Å². The van der Waals surface area contributed by atoms with Crippen molar-refractivity contribution in [2.24, 2.45) is 16.8 Å². The minimum absolute atomic E-state index is 0.162. The Balaban J connectivity index is 1.89. The first-order valence-corrected chi connectivity index (χ1v) is 7.94. The molecule has 0 amide bonds. The SMILES string of the molecule is CCC1CCC(NCc2ccc(/C(N)=N/O)cc2C)CC1. The largest absolute Gasteiger partial charge is 0.409 e. The number of oxime groups is 1. The van der Waals surface area contributed by atoms with Crippen LogP contribution < -0.4 is 11.1 Å². The molecule has 4 N–H and O–H groups in total. The van der Waals surface area contributed by atoms with Crippen LogP contribution in [0.1, 0.15) is 55.7 Å². The van der Waals surface area contributed by atoms with Crippen LogP contribution in [-0.4, -0.2) is 17.1 Å². The van der Waals surface area contributed by atoms with Crippen molar-refractivity contribution >= 4 is 5.84 Å². The summed E-state index contributed by atoms with van der Waals surface area (Å²) < 4.78 is 0. The molecule has 1 aliphatic rings. The summed E-state index contributed by atoms with van der Waals surface area (Å²) in [4.78, 5) is 0. The lowest BCUT2D eigenvalue weighted by molar-refractivity contribution is 0.285. The van der Waals surface area contributed by atoms with E-state index >= 15 is 0 Å². The van der Waals surface area contributed by atoms with Gasteiger partial charge in [0.15, 0.2) is 5.84 Å². The molecular weight excluding hydrogens is 262 g/mol. The average molecular weight is 289 g/mol. The smallest absolute Gasteiger partial charge is 0.170 e. The van der Waals surface area contributed by atoms with Gasteiger partial charge in [0.25, 0.3) is 0 Å². The number of rotatable bonds is 5. The molecule has 0 saturated heterocycles. The number of aryl methyl sites for hydroxylation is 1. The van der Waals surface area contributed by atoms with Crippen LogP contribution in [0.25, 0.3) is 0 Å². The highest BCUT2D eigenvalue weighted by Crippen LogP contribution is 2.26. The molecule has 1 fully saturated rings. The van der Waals surface area contributed by atoms with Gasteiger partial charge in [-0.3, -0.25) is 0 Å². The lowest BCUT2D eigenvalue weighted by atomic mass is 9.84. The summed E-state index contributed by atoms with van der Waals surface area (Å²) in [6.45, 7) is 5.26. The molecule has 0 heterocycles. The molecular formula is C17H27N3O. The maximum atomic E-state index is 8.71. The number of hydrogen-bond donors (Lipinski definition) is 3. The van der Waals surface area contributed by atoms with Gasteiger partial charge in [-0.2, -0.15) is 0 Å². The molecule has 0 spiro atoms. The van der Waals surface area contributed by atoms with Crippen LogP contribution in [0.5, 0.6) is 0 Å². The van der Waals surface area contributed by atoms with Crippen LogP contribution in [0.15, 0.2) is 23.4 Å². The Bertz CT molecular complexity index is 491. The van der Waals surface area contributed by atoms with E-state index in [2.05, 4.69) is 30.4 Å². The van der Waals surface area contributed by atoms with Gasteiger partial charge in [-0.05, 0) is 55.7 Å². The predicted octanol–water partition coefficient (Wildman–Crippen LogP) is 3.15. The molecule has 0 bridgehead atoms. The molecule has 4 nitrogen and oxygen atoms in total. The van der Waals surface area contributed by atoms with Gasteiger partial charge in [0.2, 0.25) is 0 Å². The van der Waals surface area contributed by atoms with E-state index in [0.717, 1.165) is 18.0 Å². The monoisotopic (exact) mass is 289 g/mol. The number of amidine groups is 1. The third-order valence-electron chi connectivity index (χ3n) is 4.75. The van der Waals surface area contributed by atoms with E-state index in [1.165, 1.54) is 43.2 Å². The van der Waals surface area contributed by atoms with E-state index in [1.54, 1.807) is 0 Å². The second-order valence-electron chi connectivity index (χ2n) is 6.13. The zero-order valence-corrected chi connectivity index (χ0v) is 13.1. The molecule has 1 saturated carbocycles. The average Bonchev–Trinajstić information content (AvgIpc) is 2.53. The summed E-state index contributed by atoms with van der Waals surface area (Å²) in [5.41, 5.74) is 8.84. The molecule has 1 aromatic rings. The van der Waals surface area contributed by atoms with Gasteiger partial charge < -0.3 is 16.3 Å². The third-order valence-corrected chi connectivity index (χ3v) is 4.75. The van der Waals surface area contributed by atoms with Crippen LogP contribution in [0.2, 0.25) is 0 Å². The van der Waals surface area contributed by atoms with Crippen LogP contribution in [0, 0.1) is 12.8 Å². The van der Waals surface area contributed by atoms with Crippen molar-refractivity contribution in [2.75, 3.05) is 0 Å². The summed E-state index contributed by atoms with van der Waals surface area (Å²) in [5, 5.41) is 15.4. The molecule has 0 unspecified atom stereocenters. The van der Waals surface area contributed by atoms with E-state index in [4.69, 9.17) is 10.9 Å². The molecule has 0 atom stereocenters. The van der Waals surface area contributed by atoms with Gasteiger partial charge in [-0.15, -0.1) is 0 Å². The number of nitrogens with zero attached hydrogens (tertiary/aromatic N) is 1. The highest BCUT2D eigenvalue weighted by molar-refractivity contribution is 5.97. The quantitative estimate of drug-likeness (QED) is 0.337. The highest BCUT2D eigenvalue weighted by Gasteiger charge is 2.19. The first-order chi connectivity index (χ1) is 10.1. The van der Waals surface area contributed by atoms with Crippen LogP contribution in [-0.2, 0) is 6.54 Å². The van der Waals surface area contributed by atoms with E-state index in [0.29, 0.717) is 6.04 Å². The van der Waals surface area contributed by atoms with Crippen molar-refractivity contribution in [1.29, 1.82) is 0 Å². The van der Waals surface area contributed by atoms with Crippen molar-refractivity contribution in [2.45, 2.75) is 58.5 Å². The van der Waals surface area contributed by atoms with Crippen LogP contribution in [0.3, 0.4) is 0 Å². The Hall–Kier alpha value is -1.55. The predicted molar refractivity (Wildman–Crippen MR) is 86.6 cm³/mol. The van der Waals surface area contributed by atoms with E-state index in [-0.39, 0.29) is 5.84 Å². The third kappa shape index (κ3) is 4.21. The molecule has 0 radical (unpaired) electrons. The summed E-state index contributed by atoms with van der Waals surface area (Å²) in [6.07, 6.45) is 6.62. The molecule has 0 aliphatic heterocycles. The maximum absolute atomic E-state index is 8.71. The topological polar surface area (TPSA) is 70.6 Å². The van der Waals surface area contributed by atoms with Gasteiger partial charge in [0.05, 0.1) is 0 Å². The first kappa shape index (κ1) is 15.8. The van der Waals surface area contributed by atoms with E-state index < -0.39 is 0 Å². The normalized spacial score (nSPS) is 23.2. The van der Waals surface area contributed by atoms with Crippen molar-refractivity contribution < 1.29 is 5.21 Å². The minimum atomic E-state index is 0.162. The van der Waals surface area contributed by atoms with Crippen LogP contribution in [0.4, 0.5) is 0 Å². The number of nitrogens with two attached hydrogens (primary N) is 1. The fourth-order valence-electron chi connectivity index (χ4n) is 3.14. The Labute approximate surface area is 127 Å². The molecule has 0 aromatic heterocycles. The first-order valence-electron chi connectivity index (χ1n) is 7.94. The molecule has 21 heavy (non-hydrogen) atoms. The van der Waals surface area contributed by atoms with Gasteiger partial charge in [-0.25, -0.2) is 0 Å². The van der Waals surface area contributed by atoms with E-state index in [9.17, 15) is 0 Å². The number of benzene rings is 1. The Morgan fingerprint density at radius 2 is 2.05 bits per heavy atom. The van der Waals surface area contributed by atoms with Crippen molar-refractivity contribution in [3.8, 4) is 0 Å². The van der Waals surface area contributed by atoms with Crippen LogP contribution >= 0.6 is 0 Å². The highest BCUT2D eigenvalue weighted by atomic mass is 16.4. The minimum Gasteiger partial charge on any atom is -0.409 e. The van der Waals surface area contributed by atoms with Gasteiger partial charge in [0, 0.05) is 18.2 Å².